The largest absolute Gasteiger partial charge is 0.384 e. The summed E-state index contributed by atoms with van der Waals surface area (Å²) in [5.74, 6) is 0.0342. The number of aromatic nitrogens is 1. The van der Waals surface area contributed by atoms with Gasteiger partial charge in [0, 0.05) is 25.5 Å². The minimum Gasteiger partial charge on any atom is -0.384 e. The van der Waals surface area contributed by atoms with E-state index in [1.807, 2.05) is 56.3 Å². The van der Waals surface area contributed by atoms with Crippen LogP contribution >= 0.6 is 0 Å². The molecule has 2 aromatic rings. The van der Waals surface area contributed by atoms with E-state index in [0.717, 1.165) is 29.8 Å². The molecule has 0 aliphatic rings. The first-order valence-electron chi connectivity index (χ1n) is 8.22. The lowest BCUT2D eigenvalue weighted by molar-refractivity contribution is -0.125. The molecule has 2 rings (SSSR count). The third-order valence-electron chi connectivity index (χ3n) is 3.77. The Hall–Kier alpha value is -2.40. The van der Waals surface area contributed by atoms with Crippen molar-refractivity contribution < 1.29 is 4.79 Å². The summed E-state index contributed by atoms with van der Waals surface area (Å²) in [6.07, 6.45) is 4.39. The van der Waals surface area contributed by atoms with Gasteiger partial charge in [-0.2, -0.15) is 0 Å². The van der Waals surface area contributed by atoms with Crippen molar-refractivity contribution in [2.75, 3.05) is 32.5 Å². The summed E-state index contributed by atoms with van der Waals surface area (Å²) in [7, 11) is 3.85. The van der Waals surface area contributed by atoms with Crippen molar-refractivity contribution >= 4 is 11.6 Å². The number of carbonyl (C=O) groups is 1. The topological polar surface area (TPSA) is 57.3 Å². The Morgan fingerprint density at radius 3 is 2.71 bits per heavy atom. The summed E-state index contributed by atoms with van der Waals surface area (Å²) < 4.78 is 0. The molecule has 1 amide bonds. The first-order chi connectivity index (χ1) is 11.6. The molecular weight excluding hydrogens is 300 g/mol. The Morgan fingerprint density at radius 1 is 1.21 bits per heavy atom. The van der Waals surface area contributed by atoms with E-state index in [2.05, 4.69) is 21.7 Å². The molecule has 0 unspecified atom stereocenters. The number of rotatable bonds is 8. The van der Waals surface area contributed by atoms with Crippen LogP contribution in [0, 0.1) is 6.92 Å². The van der Waals surface area contributed by atoms with E-state index in [-0.39, 0.29) is 11.9 Å². The van der Waals surface area contributed by atoms with Crippen LogP contribution in [-0.2, 0) is 4.79 Å². The Kier molecular flexibility index (Phi) is 6.75. The summed E-state index contributed by atoms with van der Waals surface area (Å²) in [6, 6.07) is 11.7. The van der Waals surface area contributed by atoms with E-state index in [4.69, 9.17) is 0 Å². The number of anilines is 1. The van der Waals surface area contributed by atoms with Gasteiger partial charge in [0.15, 0.2) is 0 Å². The van der Waals surface area contributed by atoms with Crippen molar-refractivity contribution in [3.8, 4) is 0 Å². The molecule has 0 saturated heterocycles. The normalized spacial score (nSPS) is 12.0. The molecule has 5 nitrogen and oxygen atoms in total. The van der Waals surface area contributed by atoms with Gasteiger partial charge in [-0.25, -0.2) is 0 Å². The molecule has 1 atom stereocenters. The van der Waals surface area contributed by atoms with Crippen LogP contribution in [-0.4, -0.2) is 43.0 Å². The zero-order valence-corrected chi connectivity index (χ0v) is 14.6. The van der Waals surface area contributed by atoms with Gasteiger partial charge in [-0.3, -0.25) is 14.7 Å². The predicted molar refractivity (Wildman–Crippen MR) is 98.0 cm³/mol. The lowest BCUT2D eigenvalue weighted by atomic mass is 10.0. The molecule has 0 radical (unpaired) electrons. The number of likely N-dealkylation sites (N-methyl/N-ethyl adjacent to an activating group) is 1. The lowest BCUT2D eigenvalue weighted by Gasteiger charge is -2.24. The number of nitrogens with one attached hydrogen (secondary N) is 2. The van der Waals surface area contributed by atoms with Gasteiger partial charge in [-0.15, -0.1) is 0 Å². The number of hydrogen-bond donors (Lipinski definition) is 2. The highest BCUT2D eigenvalue weighted by molar-refractivity contribution is 5.83. The summed E-state index contributed by atoms with van der Waals surface area (Å²) in [6.45, 7) is 3.48. The fourth-order valence-corrected chi connectivity index (χ4v) is 2.62. The van der Waals surface area contributed by atoms with E-state index < -0.39 is 0 Å². The van der Waals surface area contributed by atoms with Crippen LogP contribution in [0.15, 0.2) is 48.8 Å². The zero-order valence-electron chi connectivity index (χ0n) is 14.6. The fourth-order valence-electron chi connectivity index (χ4n) is 2.62. The second kappa shape index (κ2) is 9.03. The Bertz CT molecular complexity index is 643. The third-order valence-corrected chi connectivity index (χ3v) is 3.77. The van der Waals surface area contributed by atoms with Gasteiger partial charge in [-0.1, -0.05) is 29.8 Å². The van der Waals surface area contributed by atoms with Crippen molar-refractivity contribution in [2.24, 2.45) is 0 Å². The number of amides is 1. The standard InChI is InChI=1S/C19H26N4O/c1-15-7-4-8-16(13-15)18(23(2)3)19(24)22-12-6-11-21-17-9-5-10-20-14-17/h4-5,7-10,13-14,18,21H,6,11-12H2,1-3H3,(H,22,24)/t18-/m0/s1. The molecule has 24 heavy (non-hydrogen) atoms. The number of carbonyl (C=O) groups excluding carboxylic acids is 1. The monoisotopic (exact) mass is 326 g/mol. The van der Waals surface area contributed by atoms with Crippen LogP contribution in [0.25, 0.3) is 0 Å². The second-order valence-electron chi connectivity index (χ2n) is 6.09. The van der Waals surface area contributed by atoms with Crippen molar-refractivity contribution in [1.82, 2.24) is 15.2 Å². The van der Waals surface area contributed by atoms with Gasteiger partial charge in [0.2, 0.25) is 5.91 Å². The molecule has 0 saturated carbocycles. The van der Waals surface area contributed by atoms with Gasteiger partial charge in [0.05, 0.1) is 5.69 Å². The minimum atomic E-state index is -0.267. The number of benzene rings is 1. The molecule has 0 spiro atoms. The highest BCUT2D eigenvalue weighted by atomic mass is 16.2. The number of pyridine rings is 1. The van der Waals surface area contributed by atoms with Crippen molar-refractivity contribution in [1.29, 1.82) is 0 Å². The second-order valence-corrected chi connectivity index (χ2v) is 6.09. The SMILES string of the molecule is Cc1cccc([C@@H](C(=O)NCCCNc2cccnc2)N(C)C)c1. The number of nitrogens with zero attached hydrogens (tertiary/aromatic N) is 2. The molecular formula is C19H26N4O. The van der Waals surface area contributed by atoms with Crippen molar-refractivity contribution in [3.05, 3.63) is 59.9 Å². The molecule has 1 heterocycles. The van der Waals surface area contributed by atoms with Crippen LogP contribution in [0.4, 0.5) is 5.69 Å². The van der Waals surface area contributed by atoms with Crippen molar-refractivity contribution in [2.45, 2.75) is 19.4 Å². The zero-order chi connectivity index (χ0) is 17.4. The summed E-state index contributed by atoms with van der Waals surface area (Å²) >= 11 is 0. The molecule has 128 valence electrons. The molecule has 0 fully saturated rings. The van der Waals surface area contributed by atoms with E-state index in [9.17, 15) is 4.79 Å². The van der Waals surface area contributed by atoms with E-state index >= 15 is 0 Å². The highest BCUT2D eigenvalue weighted by Gasteiger charge is 2.22. The maximum Gasteiger partial charge on any atom is 0.241 e. The highest BCUT2D eigenvalue weighted by Crippen LogP contribution is 2.19. The first-order valence-corrected chi connectivity index (χ1v) is 8.22. The Morgan fingerprint density at radius 2 is 2.04 bits per heavy atom. The first kappa shape index (κ1) is 17.9. The quantitative estimate of drug-likeness (QED) is 0.732. The van der Waals surface area contributed by atoms with Gasteiger partial charge < -0.3 is 10.6 Å². The van der Waals surface area contributed by atoms with Crippen molar-refractivity contribution in [3.63, 3.8) is 0 Å². The number of hydrogen-bond acceptors (Lipinski definition) is 4. The maximum absolute atomic E-state index is 12.5. The summed E-state index contributed by atoms with van der Waals surface area (Å²) in [4.78, 5) is 18.5. The van der Waals surface area contributed by atoms with E-state index in [1.165, 1.54) is 0 Å². The minimum absolute atomic E-state index is 0.0342. The molecule has 1 aromatic carbocycles. The molecule has 2 N–H and O–H groups in total. The third kappa shape index (κ3) is 5.35. The van der Waals surface area contributed by atoms with Gasteiger partial charge in [-0.05, 0) is 45.1 Å². The average molecular weight is 326 g/mol. The van der Waals surface area contributed by atoms with Crippen LogP contribution in [0.1, 0.15) is 23.6 Å². The lowest BCUT2D eigenvalue weighted by Crippen LogP contribution is -2.37. The van der Waals surface area contributed by atoms with Gasteiger partial charge >= 0.3 is 0 Å². The summed E-state index contributed by atoms with van der Waals surface area (Å²) in [5, 5.41) is 6.32. The molecule has 0 aliphatic heterocycles. The van der Waals surface area contributed by atoms with Gasteiger partial charge in [0.25, 0.3) is 0 Å². The van der Waals surface area contributed by atoms with E-state index in [0.29, 0.717) is 6.54 Å². The number of aryl methyl sites for hydroxylation is 1. The van der Waals surface area contributed by atoms with Crippen LogP contribution in [0.5, 0.6) is 0 Å². The molecule has 0 aliphatic carbocycles. The molecule has 5 heteroatoms. The fraction of sp³-hybridized carbons (Fsp3) is 0.368. The van der Waals surface area contributed by atoms with Crippen LogP contribution < -0.4 is 10.6 Å². The summed E-state index contributed by atoms with van der Waals surface area (Å²) in [5.41, 5.74) is 3.17. The maximum atomic E-state index is 12.5. The molecule has 1 aromatic heterocycles. The smallest absolute Gasteiger partial charge is 0.241 e. The Labute approximate surface area is 144 Å². The van der Waals surface area contributed by atoms with E-state index in [1.54, 1.807) is 12.4 Å². The van der Waals surface area contributed by atoms with Crippen LogP contribution in [0.3, 0.4) is 0 Å². The Balaban J connectivity index is 1.81. The average Bonchev–Trinajstić information content (AvgIpc) is 2.55. The van der Waals surface area contributed by atoms with Crippen LogP contribution in [0.2, 0.25) is 0 Å². The molecule has 0 bridgehead atoms. The van der Waals surface area contributed by atoms with Gasteiger partial charge in [0.1, 0.15) is 6.04 Å². The predicted octanol–water partition coefficient (Wildman–Crippen LogP) is 2.61.